The highest BCUT2D eigenvalue weighted by molar-refractivity contribution is 4.91. The van der Waals surface area contributed by atoms with Crippen molar-refractivity contribution in [1.82, 2.24) is 9.80 Å². The summed E-state index contributed by atoms with van der Waals surface area (Å²) in [6.07, 6.45) is 8.28. The normalized spacial score (nSPS) is 25.1. The van der Waals surface area contributed by atoms with Crippen molar-refractivity contribution < 1.29 is 0 Å². The minimum atomic E-state index is 0.342. The average molecular weight is 379 g/mol. The first kappa shape index (κ1) is 23.2. The fourth-order valence-electron chi connectivity index (χ4n) is 5.31. The minimum Gasteiger partial charge on any atom is -0.298 e. The van der Waals surface area contributed by atoms with E-state index in [2.05, 4.69) is 72.1 Å². The summed E-state index contributed by atoms with van der Waals surface area (Å²) in [5, 5.41) is 0. The lowest BCUT2D eigenvalue weighted by Crippen LogP contribution is -2.51. The summed E-state index contributed by atoms with van der Waals surface area (Å²) in [5.41, 5.74) is 1.26. The second-order valence-electron chi connectivity index (χ2n) is 12.1. The zero-order valence-electron chi connectivity index (χ0n) is 20.2. The van der Waals surface area contributed by atoms with E-state index in [1.54, 1.807) is 0 Å². The molecule has 2 nitrogen and oxygen atoms in total. The van der Waals surface area contributed by atoms with Gasteiger partial charge in [-0.1, -0.05) is 27.7 Å². The van der Waals surface area contributed by atoms with Crippen molar-refractivity contribution in [2.24, 2.45) is 23.2 Å². The highest BCUT2D eigenvalue weighted by Crippen LogP contribution is 2.41. The Bertz CT molecular complexity index is 443. The van der Waals surface area contributed by atoms with Gasteiger partial charge < -0.3 is 0 Å². The second kappa shape index (κ2) is 8.74. The molecule has 0 N–H and O–H groups in total. The summed E-state index contributed by atoms with van der Waals surface area (Å²) in [4.78, 5) is 5.48. The third-order valence-electron chi connectivity index (χ3n) is 8.66. The van der Waals surface area contributed by atoms with Crippen LogP contribution in [-0.2, 0) is 0 Å². The Balaban J connectivity index is 1.78. The van der Waals surface area contributed by atoms with Gasteiger partial charge >= 0.3 is 0 Å². The molecule has 0 saturated carbocycles. The average Bonchev–Trinajstić information content (AvgIpc) is 2.59. The van der Waals surface area contributed by atoms with Crippen molar-refractivity contribution in [2.75, 3.05) is 26.2 Å². The van der Waals surface area contributed by atoms with Gasteiger partial charge in [-0.05, 0) is 122 Å². The Kier molecular flexibility index (Phi) is 7.51. The first-order valence-corrected chi connectivity index (χ1v) is 11.9. The molecular weight excluding hydrogens is 328 g/mol. The van der Waals surface area contributed by atoms with Gasteiger partial charge in [-0.3, -0.25) is 9.80 Å². The van der Waals surface area contributed by atoms with Gasteiger partial charge in [-0.15, -0.1) is 0 Å². The summed E-state index contributed by atoms with van der Waals surface area (Å²) >= 11 is 0. The molecule has 0 aliphatic carbocycles. The molecule has 0 bridgehead atoms. The van der Waals surface area contributed by atoms with Gasteiger partial charge in [-0.25, -0.2) is 0 Å². The molecule has 1 atom stereocenters. The van der Waals surface area contributed by atoms with E-state index < -0.39 is 0 Å². The third kappa shape index (κ3) is 5.95. The minimum absolute atomic E-state index is 0.342. The Morgan fingerprint density at radius 2 is 1.37 bits per heavy atom. The van der Waals surface area contributed by atoms with E-state index in [0.29, 0.717) is 16.5 Å². The molecule has 0 aromatic heterocycles. The first-order valence-electron chi connectivity index (χ1n) is 11.9. The number of hydrogen-bond acceptors (Lipinski definition) is 2. The molecule has 2 heteroatoms. The van der Waals surface area contributed by atoms with Crippen molar-refractivity contribution in [3.63, 3.8) is 0 Å². The van der Waals surface area contributed by atoms with Gasteiger partial charge in [0.25, 0.3) is 0 Å². The number of nitrogens with zero attached hydrogens (tertiary/aromatic N) is 2. The first-order chi connectivity index (χ1) is 12.3. The number of likely N-dealkylation sites (tertiary alicyclic amines) is 2. The number of piperidine rings is 2. The molecule has 2 saturated heterocycles. The molecular formula is C25H50N2. The summed E-state index contributed by atoms with van der Waals surface area (Å²) in [7, 11) is 0. The fourth-order valence-corrected chi connectivity index (χ4v) is 5.31. The Morgan fingerprint density at radius 1 is 0.852 bits per heavy atom. The topological polar surface area (TPSA) is 6.48 Å². The predicted molar refractivity (Wildman–Crippen MR) is 120 cm³/mol. The van der Waals surface area contributed by atoms with Gasteiger partial charge in [0.2, 0.25) is 0 Å². The van der Waals surface area contributed by atoms with Crippen LogP contribution in [0.15, 0.2) is 0 Å². The summed E-state index contributed by atoms with van der Waals surface area (Å²) in [6, 6.07) is 0. The molecule has 0 aromatic rings. The van der Waals surface area contributed by atoms with Crippen LogP contribution >= 0.6 is 0 Å². The molecule has 0 radical (unpaired) electrons. The molecule has 27 heavy (non-hydrogen) atoms. The third-order valence-corrected chi connectivity index (χ3v) is 8.66. The van der Waals surface area contributed by atoms with Crippen LogP contribution in [-0.4, -0.2) is 47.1 Å². The maximum Gasteiger partial charge on any atom is 0.0153 e. The number of hydrogen-bond donors (Lipinski definition) is 0. The van der Waals surface area contributed by atoms with E-state index in [9.17, 15) is 0 Å². The Labute approximate surface area is 171 Å². The highest BCUT2D eigenvalue weighted by atomic mass is 15.2. The van der Waals surface area contributed by atoms with Crippen LogP contribution in [0.1, 0.15) is 101 Å². The fraction of sp³-hybridized carbons (Fsp3) is 1.00. The maximum atomic E-state index is 2.80. The summed E-state index contributed by atoms with van der Waals surface area (Å²) < 4.78 is 0. The summed E-state index contributed by atoms with van der Waals surface area (Å²) in [6.45, 7) is 27.1. The van der Waals surface area contributed by atoms with E-state index in [1.807, 2.05) is 0 Å². The lowest BCUT2D eigenvalue weighted by atomic mass is 9.71. The molecule has 2 fully saturated rings. The lowest BCUT2D eigenvalue weighted by Gasteiger charge is -2.48. The van der Waals surface area contributed by atoms with E-state index >= 15 is 0 Å². The van der Waals surface area contributed by atoms with Crippen LogP contribution in [0.2, 0.25) is 0 Å². The van der Waals surface area contributed by atoms with Crippen molar-refractivity contribution >= 4 is 0 Å². The molecule has 2 rings (SSSR count). The van der Waals surface area contributed by atoms with E-state index in [0.717, 1.165) is 17.8 Å². The van der Waals surface area contributed by atoms with Crippen LogP contribution in [0.3, 0.4) is 0 Å². The quantitative estimate of drug-likeness (QED) is 0.524. The van der Waals surface area contributed by atoms with Gasteiger partial charge in [0.15, 0.2) is 0 Å². The molecule has 0 spiro atoms. The molecule has 0 aromatic carbocycles. The smallest absolute Gasteiger partial charge is 0.0153 e. The monoisotopic (exact) mass is 378 g/mol. The molecule has 2 heterocycles. The van der Waals surface area contributed by atoms with E-state index in [1.165, 1.54) is 64.7 Å². The van der Waals surface area contributed by atoms with Crippen LogP contribution in [0.5, 0.6) is 0 Å². The summed E-state index contributed by atoms with van der Waals surface area (Å²) in [5.74, 6) is 2.61. The van der Waals surface area contributed by atoms with Gasteiger partial charge in [0.05, 0.1) is 0 Å². The second-order valence-corrected chi connectivity index (χ2v) is 12.1. The van der Waals surface area contributed by atoms with Gasteiger partial charge in [-0.2, -0.15) is 0 Å². The van der Waals surface area contributed by atoms with Crippen LogP contribution in [0, 0.1) is 23.2 Å². The van der Waals surface area contributed by atoms with Gasteiger partial charge in [0.1, 0.15) is 0 Å². The van der Waals surface area contributed by atoms with E-state index in [4.69, 9.17) is 0 Å². The molecule has 0 amide bonds. The van der Waals surface area contributed by atoms with Crippen LogP contribution < -0.4 is 0 Å². The zero-order valence-corrected chi connectivity index (χ0v) is 20.2. The number of rotatable bonds is 6. The largest absolute Gasteiger partial charge is 0.298 e. The standard InChI is InChI=1S/C25H50N2/c1-20(2)25(9)14-18-27(19-15-25)24(7,8)13-10-21(3)22-11-16-26(17-12-22)23(4,5)6/h20-22H,10-19H2,1-9H3. The van der Waals surface area contributed by atoms with Crippen molar-refractivity contribution in [3.05, 3.63) is 0 Å². The molecule has 2 aliphatic rings. The van der Waals surface area contributed by atoms with Crippen LogP contribution in [0.25, 0.3) is 0 Å². The molecule has 2 aliphatic heterocycles. The van der Waals surface area contributed by atoms with E-state index in [-0.39, 0.29) is 0 Å². The maximum absolute atomic E-state index is 2.80. The highest BCUT2D eigenvalue weighted by Gasteiger charge is 2.38. The van der Waals surface area contributed by atoms with Crippen molar-refractivity contribution in [1.29, 1.82) is 0 Å². The van der Waals surface area contributed by atoms with Crippen LogP contribution in [0.4, 0.5) is 0 Å². The predicted octanol–water partition coefficient (Wildman–Crippen LogP) is 6.45. The van der Waals surface area contributed by atoms with Crippen molar-refractivity contribution in [2.45, 2.75) is 112 Å². The molecule has 1 unspecified atom stereocenters. The molecule has 160 valence electrons. The Morgan fingerprint density at radius 3 is 1.81 bits per heavy atom. The van der Waals surface area contributed by atoms with Gasteiger partial charge in [0, 0.05) is 11.1 Å². The Hall–Kier alpha value is -0.0800. The lowest BCUT2D eigenvalue weighted by molar-refractivity contribution is 0.0115. The van der Waals surface area contributed by atoms with Crippen molar-refractivity contribution in [3.8, 4) is 0 Å². The zero-order chi connectivity index (χ0) is 20.5. The SMILES string of the molecule is CC(CCC(C)(C)N1CCC(C)(C(C)C)CC1)C1CCN(C(C)(C)C)CC1.